The molecule has 0 fully saturated rings. The van der Waals surface area contributed by atoms with E-state index < -0.39 is 11.2 Å². The van der Waals surface area contributed by atoms with E-state index in [0.717, 1.165) is 34.1 Å². The normalized spacial score (nSPS) is 12.0. The monoisotopic (exact) mass is 409 g/mol. The molecule has 0 saturated heterocycles. The van der Waals surface area contributed by atoms with Crippen LogP contribution in [0.15, 0.2) is 66.3 Å². The minimum absolute atomic E-state index is 0.272. The van der Waals surface area contributed by atoms with Crippen LogP contribution < -0.4 is 0 Å². The minimum atomic E-state index is -0.948. The first-order valence-corrected chi connectivity index (χ1v) is 9.61. The van der Waals surface area contributed by atoms with Crippen LogP contribution in [0.3, 0.4) is 0 Å². The van der Waals surface area contributed by atoms with Gasteiger partial charge in [-0.1, -0.05) is 11.8 Å². The number of thioether (sulfide) groups is 1. The number of nitrogens with zero attached hydrogens (tertiary/aromatic N) is 3. The molecule has 0 amide bonds. The van der Waals surface area contributed by atoms with Gasteiger partial charge in [0.15, 0.2) is 0 Å². The third-order valence-corrected chi connectivity index (χ3v) is 5.50. The van der Waals surface area contributed by atoms with Crippen molar-refractivity contribution in [2.75, 3.05) is 0 Å². The summed E-state index contributed by atoms with van der Waals surface area (Å²) in [5.74, 6) is -1.28. The molecule has 4 rings (SSSR count). The van der Waals surface area contributed by atoms with Gasteiger partial charge in [0, 0.05) is 41.8 Å². The molecule has 0 aliphatic heterocycles. The summed E-state index contributed by atoms with van der Waals surface area (Å²) in [6, 6.07) is 9.71. The number of aromatic nitrogens is 5. The van der Waals surface area contributed by atoms with Crippen LogP contribution in [0.4, 0.5) is 4.39 Å². The molecule has 0 spiro atoms. The van der Waals surface area contributed by atoms with E-state index in [9.17, 15) is 14.3 Å². The van der Waals surface area contributed by atoms with Crippen LogP contribution in [0, 0.1) is 5.82 Å². The third-order valence-electron chi connectivity index (χ3n) is 4.32. The van der Waals surface area contributed by atoms with Crippen molar-refractivity contribution < 1.29 is 14.3 Å². The van der Waals surface area contributed by atoms with Gasteiger partial charge in [-0.05, 0) is 42.0 Å². The van der Waals surface area contributed by atoms with Gasteiger partial charge in [0.25, 0.3) is 0 Å². The predicted octanol–water partition coefficient (Wildman–Crippen LogP) is 3.79. The van der Waals surface area contributed by atoms with E-state index in [1.165, 1.54) is 18.5 Å². The second-order valence-corrected chi connectivity index (χ2v) is 7.44. The zero-order chi connectivity index (χ0) is 20.2. The number of aromatic amines is 2. The molecular formula is C20H16FN5O2S. The fraction of sp³-hybridized carbons (Fsp3) is 0.100. The molecule has 146 valence electrons. The number of hydrogen-bond acceptors (Lipinski definition) is 5. The number of aliphatic carboxylic acids is 1. The van der Waals surface area contributed by atoms with Crippen molar-refractivity contribution >= 4 is 17.7 Å². The number of imidazole rings is 1. The molecule has 4 aromatic rings. The Labute approximate surface area is 169 Å². The van der Waals surface area contributed by atoms with Crippen LogP contribution in [0.25, 0.3) is 22.4 Å². The molecule has 0 saturated carbocycles. The molecule has 7 nitrogen and oxygen atoms in total. The van der Waals surface area contributed by atoms with E-state index in [1.54, 1.807) is 30.7 Å². The van der Waals surface area contributed by atoms with E-state index in [-0.39, 0.29) is 12.2 Å². The molecule has 3 aromatic heterocycles. The summed E-state index contributed by atoms with van der Waals surface area (Å²) in [4.78, 5) is 22.8. The van der Waals surface area contributed by atoms with Gasteiger partial charge in [-0.25, -0.2) is 9.37 Å². The van der Waals surface area contributed by atoms with E-state index >= 15 is 0 Å². The zero-order valence-corrected chi connectivity index (χ0v) is 15.9. The Morgan fingerprint density at radius 3 is 2.52 bits per heavy atom. The van der Waals surface area contributed by atoms with Crippen molar-refractivity contribution in [3.8, 4) is 22.4 Å². The van der Waals surface area contributed by atoms with Gasteiger partial charge in [0.2, 0.25) is 0 Å². The van der Waals surface area contributed by atoms with Gasteiger partial charge in [-0.3, -0.25) is 14.9 Å². The van der Waals surface area contributed by atoms with Crippen molar-refractivity contribution in [2.45, 2.75) is 16.7 Å². The summed E-state index contributed by atoms with van der Waals surface area (Å²) >= 11 is 1.15. The Kier molecular flexibility index (Phi) is 5.39. The van der Waals surface area contributed by atoms with E-state index in [4.69, 9.17) is 0 Å². The fourth-order valence-corrected chi connectivity index (χ4v) is 4.00. The molecule has 3 N–H and O–H groups in total. The highest BCUT2D eigenvalue weighted by molar-refractivity contribution is 8.00. The molecule has 9 heteroatoms. The number of carboxylic acids is 1. The number of carboxylic acid groups (broad SMARTS) is 1. The van der Waals surface area contributed by atoms with Crippen LogP contribution in [0.2, 0.25) is 0 Å². The summed E-state index contributed by atoms with van der Waals surface area (Å²) in [6.45, 7) is 0. The van der Waals surface area contributed by atoms with E-state index in [2.05, 4.69) is 25.1 Å². The van der Waals surface area contributed by atoms with Crippen molar-refractivity contribution in [2.24, 2.45) is 0 Å². The van der Waals surface area contributed by atoms with Crippen molar-refractivity contribution in [3.05, 3.63) is 72.8 Å². The Hall–Kier alpha value is -3.46. The largest absolute Gasteiger partial charge is 0.480 e. The summed E-state index contributed by atoms with van der Waals surface area (Å²) in [5.41, 5.74) is 3.74. The van der Waals surface area contributed by atoms with Crippen LogP contribution in [-0.4, -0.2) is 41.5 Å². The number of carbonyl (C=O) groups is 1. The van der Waals surface area contributed by atoms with Crippen molar-refractivity contribution in [1.29, 1.82) is 0 Å². The maximum atomic E-state index is 13.4. The van der Waals surface area contributed by atoms with Gasteiger partial charge in [0.05, 0.1) is 12.0 Å². The van der Waals surface area contributed by atoms with Gasteiger partial charge in [-0.2, -0.15) is 5.10 Å². The number of H-pyrrole nitrogens is 2. The summed E-state index contributed by atoms with van der Waals surface area (Å²) in [5, 5.41) is 16.8. The number of hydrogen-bond donors (Lipinski definition) is 3. The second-order valence-electron chi connectivity index (χ2n) is 6.25. The molecule has 1 aromatic carbocycles. The number of benzene rings is 1. The van der Waals surface area contributed by atoms with Crippen molar-refractivity contribution in [3.63, 3.8) is 0 Å². The molecule has 0 bridgehead atoms. The number of nitrogens with one attached hydrogen (secondary N) is 2. The molecular weight excluding hydrogens is 393 g/mol. The average molecular weight is 409 g/mol. The van der Waals surface area contributed by atoms with Crippen LogP contribution in [0.1, 0.15) is 5.69 Å². The summed E-state index contributed by atoms with van der Waals surface area (Å²) < 4.78 is 13.4. The maximum absolute atomic E-state index is 13.4. The SMILES string of the molecule is O=C(O)C(Cc1cnc[nH]1)Sc1n[nH]c(-c2ccc(F)cc2)c1-c1ccncc1. The summed E-state index contributed by atoms with van der Waals surface area (Å²) in [6.07, 6.45) is 6.71. The lowest BCUT2D eigenvalue weighted by Gasteiger charge is -2.11. The topological polar surface area (TPSA) is 108 Å². The molecule has 1 atom stereocenters. The average Bonchev–Trinajstić information content (AvgIpc) is 3.39. The molecule has 29 heavy (non-hydrogen) atoms. The second kappa shape index (κ2) is 8.27. The lowest BCUT2D eigenvalue weighted by Crippen LogP contribution is -2.19. The molecule has 3 heterocycles. The van der Waals surface area contributed by atoms with Crippen LogP contribution >= 0.6 is 11.8 Å². The summed E-state index contributed by atoms with van der Waals surface area (Å²) in [7, 11) is 0. The van der Waals surface area contributed by atoms with Gasteiger partial charge >= 0.3 is 5.97 Å². The maximum Gasteiger partial charge on any atom is 0.317 e. The Morgan fingerprint density at radius 2 is 1.86 bits per heavy atom. The predicted molar refractivity (Wildman–Crippen MR) is 107 cm³/mol. The van der Waals surface area contributed by atoms with E-state index in [0.29, 0.717) is 10.7 Å². The quantitative estimate of drug-likeness (QED) is 0.401. The zero-order valence-electron chi connectivity index (χ0n) is 15.0. The molecule has 1 unspecified atom stereocenters. The molecule has 0 aliphatic carbocycles. The van der Waals surface area contributed by atoms with Gasteiger partial charge < -0.3 is 10.1 Å². The highest BCUT2D eigenvalue weighted by Crippen LogP contribution is 2.39. The highest BCUT2D eigenvalue weighted by atomic mass is 32.2. The first kappa shape index (κ1) is 18.9. The molecule has 0 aliphatic rings. The number of pyridine rings is 1. The molecule has 0 radical (unpaired) electrons. The Balaban J connectivity index is 1.74. The van der Waals surface area contributed by atoms with Crippen LogP contribution in [0.5, 0.6) is 0 Å². The minimum Gasteiger partial charge on any atom is -0.480 e. The first-order valence-electron chi connectivity index (χ1n) is 8.73. The Bertz CT molecular complexity index is 1100. The van der Waals surface area contributed by atoms with E-state index in [1.807, 2.05) is 12.1 Å². The first-order chi connectivity index (χ1) is 14.1. The van der Waals surface area contributed by atoms with Crippen LogP contribution in [-0.2, 0) is 11.2 Å². The van der Waals surface area contributed by atoms with Gasteiger partial charge in [-0.15, -0.1) is 0 Å². The smallest absolute Gasteiger partial charge is 0.317 e. The number of rotatable bonds is 7. The van der Waals surface area contributed by atoms with Gasteiger partial charge in [0.1, 0.15) is 16.1 Å². The highest BCUT2D eigenvalue weighted by Gasteiger charge is 2.25. The fourth-order valence-electron chi connectivity index (χ4n) is 2.93. The third kappa shape index (κ3) is 4.19. The standard InChI is InChI=1S/C20H16FN5O2S/c21-14-3-1-13(2-4-14)18-17(12-5-7-22-8-6-12)19(26-25-18)29-16(20(27)28)9-15-10-23-11-24-15/h1-8,10-11,16H,9H2,(H,23,24)(H,25,26)(H,27,28). The number of halogens is 1. The van der Waals surface area contributed by atoms with Crippen molar-refractivity contribution in [1.82, 2.24) is 25.1 Å². The Morgan fingerprint density at radius 1 is 1.10 bits per heavy atom. The lowest BCUT2D eigenvalue weighted by atomic mass is 10.0. The lowest BCUT2D eigenvalue weighted by molar-refractivity contribution is -0.136.